The molecule has 0 radical (unpaired) electrons. The lowest BCUT2D eigenvalue weighted by Gasteiger charge is -2.21. The van der Waals surface area contributed by atoms with Crippen molar-refractivity contribution in [3.8, 4) is 0 Å². The van der Waals surface area contributed by atoms with E-state index >= 15 is 0 Å². The van der Waals surface area contributed by atoms with Gasteiger partial charge in [-0.25, -0.2) is 8.42 Å². The molecular weight excluding hydrogens is 384 g/mol. The highest BCUT2D eigenvalue weighted by atomic mass is 32.2. The van der Waals surface area contributed by atoms with E-state index in [1.807, 2.05) is 56.3 Å². The number of hydrogen-bond acceptors (Lipinski definition) is 3. The van der Waals surface area contributed by atoms with Crippen molar-refractivity contribution in [2.24, 2.45) is 0 Å². The van der Waals surface area contributed by atoms with E-state index in [2.05, 4.69) is 5.32 Å². The fourth-order valence-electron chi connectivity index (χ4n) is 3.25. The fraction of sp³-hybridized carbons (Fsp3) is 0.261. The van der Waals surface area contributed by atoms with E-state index in [9.17, 15) is 13.2 Å². The second-order valence-corrected chi connectivity index (χ2v) is 8.88. The minimum Gasteiger partial charge on any atom is -0.322 e. The van der Waals surface area contributed by atoms with Gasteiger partial charge < -0.3 is 5.32 Å². The molecule has 5 nitrogen and oxygen atoms in total. The molecule has 0 unspecified atom stereocenters. The zero-order valence-electron chi connectivity index (χ0n) is 16.8. The highest BCUT2D eigenvalue weighted by Gasteiger charge is 2.23. The average Bonchev–Trinajstić information content (AvgIpc) is 2.73. The van der Waals surface area contributed by atoms with E-state index in [1.54, 1.807) is 12.1 Å². The van der Waals surface area contributed by atoms with Gasteiger partial charge in [0.05, 0.1) is 4.90 Å². The number of benzene rings is 3. The summed E-state index contributed by atoms with van der Waals surface area (Å²) in [7, 11) is -3.55. The van der Waals surface area contributed by atoms with Crippen LogP contribution in [0.15, 0.2) is 71.6 Å². The Hall–Kier alpha value is -2.70. The van der Waals surface area contributed by atoms with E-state index in [4.69, 9.17) is 0 Å². The largest absolute Gasteiger partial charge is 0.322 e. The van der Waals surface area contributed by atoms with Gasteiger partial charge in [0.1, 0.15) is 0 Å². The van der Waals surface area contributed by atoms with Crippen LogP contribution in [0, 0.1) is 0 Å². The summed E-state index contributed by atoms with van der Waals surface area (Å²) in [5.41, 5.74) is 1.11. The van der Waals surface area contributed by atoms with Gasteiger partial charge >= 0.3 is 0 Å². The van der Waals surface area contributed by atoms with Crippen molar-refractivity contribution in [3.63, 3.8) is 0 Å². The molecule has 0 fully saturated rings. The van der Waals surface area contributed by atoms with Crippen molar-refractivity contribution in [2.45, 2.75) is 31.6 Å². The summed E-state index contributed by atoms with van der Waals surface area (Å²) in [5.74, 6) is -0.275. The molecule has 29 heavy (non-hydrogen) atoms. The molecule has 152 valence electrons. The highest BCUT2D eigenvalue weighted by molar-refractivity contribution is 7.89. The molecule has 0 atom stereocenters. The fourth-order valence-corrected chi connectivity index (χ4v) is 4.87. The topological polar surface area (TPSA) is 66.5 Å². The Morgan fingerprint density at radius 2 is 1.48 bits per heavy atom. The second-order valence-electron chi connectivity index (χ2n) is 6.94. The molecule has 0 saturated carbocycles. The van der Waals surface area contributed by atoms with Crippen molar-refractivity contribution >= 4 is 32.4 Å². The van der Waals surface area contributed by atoms with E-state index < -0.39 is 10.0 Å². The van der Waals surface area contributed by atoms with Crippen molar-refractivity contribution < 1.29 is 13.2 Å². The Morgan fingerprint density at radius 1 is 0.862 bits per heavy atom. The van der Waals surface area contributed by atoms with E-state index in [1.165, 1.54) is 16.4 Å². The van der Waals surface area contributed by atoms with Crippen LogP contribution in [0.4, 0.5) is 5.69 Å². The highest BCUT2D eigenvalue weighted by Crippen LogP contribution is 2.21. The number of fused-ring (bicyclic) bond motifs is 1. The van der Waals surface area contributed by atoms with E-state index in [0.717, 1.165) is 23.6 Å². The zero-order valence-corrected chi connectivity index (χ0v) is 17.6. The molecule has 0 aromatic heterocycles. The minimum atomic E-state index is -3.55. The second kappa shape index (κ2) is 9.20. The molecule has 6 heteroatoms. The van der Waals surface area contributed by atoms with Crippen LogP contribution < -0.4 is 5.32 Å². The SMILES string of the molecule is CCCN(CCC)S(=O)(=O)c1ccc(C(=O)Nc2ccc3ccccc3c2)cc1. The number of hydrogen-bond donors (Lipinski definition) is 1. The van der Waals surface area contributed by atoms with Gasteiger partial charge in [-0.15, -0.1) is 0 Å². The van der Waals surface area contributed by atoms with Gasteiger partial charge in [-0.05, 0) is 60.0 Å². The number of nitrogens with one attached hydrogen (secondary N) is 1. The first-order valence-electron chi connectivity index (χ1n) is 9.86. The summed E-state index contributed by atoms with van der Waals surface area (Å²) in [4.78, 5) is 12.8. The van der Waals surface area contributed by atoms with Crippen LogP contribution in [0.25, 0.3) is 10.8 Å². The third kappa shape index (κ3) is 4.83. The van der Waals surface area contributed by atoms with Crippen LogP contribution in [0.5, 0.6) is 0 Å². The molecule has 1 N–H and O–H groups in total. The van der Waals surface area contributed by atoms with Crippen molar-refractivity contribution in [2.75, 3.05) is 18.4 Å². The molecule has 0 aliphatic carbocycles. The van der Waals surface area contributed by atoms with Crippen LogP contribution in [0.2, 0.25) is 0 Å². The summed E-state index contributed by atoms with van der Waals surface area (Å²) >= 11 is 0. The lowest BCUT2D eigenvalue weighted by atomic mass is 10.1. The van der Waals surface area contributed by atoms with Gasteiger partial charge in [-0.3, -0.25) is 4.79 Å². The molecule has 0 heterocycles. The minimum absolute atomic E-state index is 0.210. The third-order valence-corrected chi connectivity index (χ3v) is 6.62. The normalized spacial score (nSPS) is 11.7. The molecule has 3 rings (SSSR count). The number of carbonyl (C=O) groups excluding carboxylic acids is 1. The van der Waals surface area contributed by atoms with Gasteiger partial charge in [0, 0.05) is 24.3 Å². The molecule has 1 amide bonds. The smallest absolute Gasteiger partial charge is 0.255 e. The summed E-state index contributed by atoms with van der Waals surface area (Å²) in [5, 5.41) is 5.01. The molecule has 0 bridgehead atoms. The van der Waals surface area contributed by atoms with Crippen LogP contribution in [0.1, 0.15) is 37.0 Å². The maximum atomic E-state index is 12.8. The van der Waals surface area contributed by atoms with Crippen molar-refractivity contribution in [1.29, 1.82) is 0 Å². The summed E-state index contributed by atoms with van der Waals surface area (Å²) < 4.78 is 27.2. The predicted octanol–water partition coefficient (Wildman–Crippen LogP) is 4.90. The standard InChI is InChI=1S/C23H26N2O3S/c1-3-15-25(16-4-2)29(27,28)22-13-10-19(11-14-22)23(26)24-21-12-9-18-7-5-6-8-20(18)17-21/h5-14,17H,3-4,15-16H2,1-2H3,(H,24,26). The Kier molecular flexibility index (Phi) is 6.67. The number of anilines is 1. The molecule has 0 saturated heterocycles. The first kappa shape index (κ1) is 21.0. The first-order chi connectivity index (χ1) is 14.0. The zero-order chi connectivity index (χ0) is 20.9. The molecular formula is C23H26N2O3S. The van der Waals surface area contributed by atoms with Gasteiger partial charge in [0.2, 0.25) is 10.0 Å². The number of nitrogens with zero attached hydrogens (tertiary/aromatic N) is 1. The monoisotopic (exact) mass is 410 g/mol. The lowest BCUT2D eigenvalue weighted by molar-refractivity contribution is 0.102. The molecule has 0 aliphatic rings. The summed E-state index contributed by atoms with van der Waals surface area (Å²) in [6.45, 7) is 4.89. The number of amides is 1. The number of carbonyl (C=O) groups is 1. The third-order valence-electron chi connectivity index (χ3n) is 4.71. The quantitative estimate of drug-likeness (QED) is 0.574. The van der Waals surface area contributed by atoms with Crippen LogP contribution in [0.3, 0.4) is 0 Å². The molecule has 0 aliphatic heterocycles. The number of sulfonamides is 1. The Balaban J connectivity index is 1.77. The maximum absolute atomic E-state index is 12.8. The van der Waals surface area contributed by atoms with Crippen LogP contribution in [-0.4, -0.2) is 31.7 Å². The van der Waals surface area contributed by atoms with Gasteiger partial charge in [-0.1, -0.05) is 44.2 Å². The summed E-state index contributed by atoms with van der Waals surface area (Å²) in [6.07, 6.45) is 1.51. The van der Waals surface area contributed by atoms with Crippen LogP contribution in [-0.2, 0) is 10.0 Å². The van der Waals surface area contributed by atoms with E-state index in [0.29, 0.717) is 24.3 Å². The Morgan fingerprint density at radius 3 is 2.10 bits per heavy atom. The lowest BCUT2D eigenvalue weighted by Crippen LogP contribution is -2.32. The van der Waals surface area contributed by atoms with Gasteiger partial charge in [0.25, 0.3) is 5.91 Å². The van der Waals surface area contributed by atoms with Crippen LogP contribution >= 0.6 is 0 Å². The first-order valence-corrected chi connectivity index (χ1v) is 11.3. The Labute approximate surface area is 172 Å². The maximum Gasteiger partial charge on any atom is 0.255 e. The van der Waals surface area contributed by atoms with E-state index in [-0.39, 0.29) is 10.8 Å². The van der Waals surface area contributed by atoms with Crippen molar-refractivity contribution in [3.05, 3.63) is 72.3 Å². The average molecular weight is 411 g/mol. The molecule has 3 aromatic rings. The molecule has 0 spiro atoms. The number of rotatable bonds is 8. The predicted molar refractivity (Wildman–Crippen MR) is 118 cm³/mol. The van der Waals surface area contributed by atoms with Crippen molar-refractivity contribution in [1.82, 2.24) is 4.31 Å². The Bertz CT molecular complexity index is 1090. The van der Waals surface area contributed by atoms with Gasteiger partial charge in [-0.2, -0.15) is 4.31 Å². The van der Waals surface area contributed by atoms with Gasteiger partial charge in [0.15, 0.2) is 0 Å². The molecule has 3 aromatic carbocycles. The summed E-state index contributed by atoms with van der Waals surface area (Å²) in [6, 6.07) is 19.8.